The Balaban J connectivity index is 3.37. The first kappa shape index (κ1) is 10.3. The van der Waals surface area contributed by atoms with Crippen molar-refractivity contribution in [2.45, 2.75) is 6.61 Å². The van der Waals surface area contributed by atoms with Gasteiger partial charge >= 0.3 is 0 Å². The van der Waals surface area contributed by atoms with Crippen LogP contribution in [0.2, 0.25) is 0 Å². The van der Waals surface area contributed by atoms with Gasteiger partial charge in [0.1, 0.15) is 0 Å². The first-order chi connectivity index (χ1) is 6.11. The van der Waals surface area contributed by atoms with E-state index in [1.165, 1.54) is 13.2 Å². The third-order valence-electron chi connectivity index (χ3n) is 1.63. The molecule has 1 aromatic rings. The fourth-order valence-electron chi connectivity index (χ4n) is 0.927. The lowest BCUT2D eigenvalue weighted by molar-refractivity contribution is 0.270. The number of hydrogen-bond donors (Lipinski definition) is 2. The minimum Gasteiger partial charge on any atom is -0.502 e. The molecule has 0 aliphatic heterocycles. The molecule has 0 bridgehead atoms. The Labute approximate surface area is 82.9 Å². The SMILES string of the molecule is COc1cc(Br)c(CO)c(F)c1O. The number of phenols is 1. The molecule has 0 radical (unpaired) electrons. The van der Waals surface area contributed by atoms with E-state index in [0.29, 0.717) is 4.47 Å². The summed E-state index contributed by atoms with van der Waals surface area (Å²) < 4.78 is 18.3. The van der Waals surface area contributed by atoms with Gasteiger partial charge < -0.3 is 14.9 Å². The second-order valence-corrected chi connectivity index (χ2v) is 3.21. The van der Waals surface area contributed by atoms with Gasteiger partial charge in [-0.05, 0) is 6.07 Å². The van der Waals surface area contributed by atoms with Crippen LogP contribution in [0.15, 0.2) is 10.5 Å². The molecule has 0 saturated carbocycles. The van der Waals surface area contributed by atoms with Crippen molar-refractivity contribution >= 4 is 15.9 Å². The van der Waals surface area contributed by atoms with Gasteiger partial charge in [0.15, 0.2) is 17.3 Å². The van der Waals surface area contributed by atoms with E-state index in [0.717, 1.165) is 0 Å². The number of methoxy groups -OCH3 is 1. The van der Waals surface area contributed by atoms with Gasteiger partial charge in [0.2, 0.25) is 0 Å². The van der Waals surface area contributed by atoms with Crippen molar-refractivity contribution in [1.82, 2.24) is 0 Å². The minimum absolute atomic E-state index is 0.0123. The third-order valence-corrected chi connectivity index (χ3v) is 2.34. The topological polar surface area (TPSA) is 49.7 Å². The van der Waals surface area contributed by atoms with E-state index in [1.807, 2.05) is 0 Å². The molecule has 0 amide bonds. The highest BCUT2D eigenvalue weighted by Gasteiger charge is 2.16. The first-order valence-corrected chi connectivity index (χ1v) is 4.25. The summed E-state index contributed by atoms with van der Waals surface area (Å²) in [5.41, 5.74) is 0.0123. The van der Waals surface area contributed by atoms with Crippen LogP contribution < -0.4 is 4.74 Å². The van der Waals surface area contributed by atoms with E-state index >= 15 is 0 Å². The fraction of sp³-hybridized carbons (Fsp3) is 0.250. The van der Waals surface area contributed by atoms with E-state index in [9.17, 15) is 9.50 Å². The van der Waals surface area contributed by atoms with Crippen molar-refractivity contribution in [2.24, 2.45) is 0 Å². The van der Waals surface area contributed by atoms with Gasteiger partial charge in [-0.3, -0.25) is 0 Å². The molecular weight excluding hydrogens is 243 g/mol. The second-order valence-electron chi connectivity index (χ2n) is 2.36. The van der Waals surface area contributed by atoms with E-state index in [1.54, 1.807) is 0 Å². The fourth-order valence-corrected chi connectivity index (χ4v) is 1.43. The summed E-state index contributed by atoms with van der Waals surface area (Å²) in [6.45, 7) is -0.482. The number of hydrogen-bond acceptors (Lipinski definition) is 3. The zero-order valence-electron chi connectivity index (χ0n) is 6.84. The average Bonchev–Trinajstić information content (AvgIpc) is 2.12. The third kappa shape index (κ3) is 1.76. The highest BCUT2D eigenvalue weighted by Crippen LogP contribution is 2.35. The van der Waals surface area contributed by atoms with Crippen LogP contribution in [0, 0.1) is 5.82 Å². The molecule has 3 nitrogen and oxygen atoms in total. The molecular formula is C8H8BrFO3. The molecule has 0 aliphatic rings. The first-order valence-electron chi connectivity index (χ1n) is 3.46. The lowest BCUT2D eigenvalue weighted by Gasteiger charge is -2.08. The highest BCUT2D eigenvalue weighted by molar-refractivity contribution is 9.10. The van der Waals surface area contributed by atoms with Crippen LogP contribution in [0.25, 0.3) is 0 Å². The van der Waals surface area contributed by atoms with Crippen molar-refractivity contribution in [3.8, 4) is 11.5 Å². The van der Waals surface area contributed by atoms with Crippen LogP contribution in [-0.4, -0.2) is 17.3 Å². The molecule has 2 N–H and O–H groups in total. The Hall–Kier alpha value is -0.810. The molecule has 0 saturated heterocycles. The van der Waals surface area contributed by atoms with Crippen LogP contribution in [-0.2, 0) is 6.61 Å². The molecule has 1 aromatic carbocycles. The van der Waals surface area contributed by atoms with Crippen LogP contribution >= 0.6 is 15.9 Å². The molecule has 72 valence electrons. The number of phenolic OH excluding ortho intramolecular Hbond substituents is 1. The number of halogens is 2. The largest absolute Gasteiger partial charge is 0.502 e. The van der Waals surface area contributed by atoms with Gasteiger partial charge in [0.25, 0.3) is 0 Å². The maximum Gasteiger partial charge on any atom is 0.194 e. The lowest BCUT2D eigenvalue weighted by atomic mass is 10.2. The molecule has 0 unspecified atom stereocenters. The minimum atomic E-state index is -0.867. The predicted octanol–water partition coefficient (Wildman–Crippen LogP) is 1.79. The Morgan fingerprint density at radius 2 is 2.23 bits per heavy atom. The van der Waals surface area contributed by atoms with Crippen molar-refractivity contribution in [3.63, 3.8) is 0 Å². The lowest BCUT2D eigenvalue weighted by Crippen LogP contribution is -1.95. The summed E-state index contributed by atoms with van der Waals surface area (Å²) in [5, 5.41) is 18.0. The predicted molar refractivity (Wildman–Crippen MR) is 48.2 cm³/mol. The summed E-state index contributed by atoms with van der Waals surface area (Å²) in [7, 11) is 1.32. The number of benzene rings is 1. The van der Waals surface area contributed by atoms with Gasteiger partial charge in [0.05, 0.1) is 13.7 Å². The monoisotopic (exact) mass is 250 g/mol. The van der Waals surface area contributed by atoms with Crippen molar-refractivity contribution in [3.05, 3.63) is 21.9 Å². The van der Waals surface area contributed by atoms with E-state index in [-0.39, 0.29) is 11.3 Å². The van der Waals surface area contributed by atoms with Gasteiger partial charge in [-0.2, -0.15) is 0 Å². The molecule has 0 aliphatic carbocycles. The quantitative estimate of drug-likeness (QED) is 0.842. The van der Waals surface area contributed by atoms with Crippen LogP contribution in [0.1, 0.15) is 5.56 Å². The number of aliphatic hydroxyl groups is 1. The molecule has 0 aromatic heterocycles. The van der Waals surface area contributed by atoms with Crippen molar-refractivity contribution in [2.75, 3.05) is 7.11 Å². The molecule has 0 fully saturated rings. The highest BCUT2D eigenvalue weighted by atomic mass is 79.9. The normalized spacial score (nSPS) is 10.2. The zero-order valence-corrected chi connectivity index (χ0v) is 8.43. The molecule has 0 atom stereocenters. The molecule has 1 rings (SSSR count). The van der Waals surface area contributed by atoms with Gasteiger partial charge in [0, 0.05) is 10.0 Å². The van der Waals surface area contributed by atoms with E-state index < -0.39 is 18.2 Å². The van der Waals surface area contributed by atoms with E-state index in [2.05, 4.69) is 15.9 Å². The van der Waals surface area contributed by atoms with Crippen molar-refractivity contribution < 1.29 is 19.3 Å². The van der Waals surface area contributed by atoms with Crippen molar-refractivity contribution in [1.29, 1.82) is 0 Å². The van der Waals surface area contributed by atoms with Crippen LogP contribution in [0.3, 0.4) is 0 Å². The van der Waals surface area contributed by atoms with E-state index in [4.69, 9.17) is 9.84 Å². The standard InChI is InChI=1S/C8H8BrFO3/c1-13-6-2-5(9)4(3-11)7(10)8(6)12/h2,11-12H,3H2,1H3. The maximum absolute atomic E-state index is 13.2. The molecule has 0 spiro atoms. The average molecular weight is 251 g/mol. The summed E-state index contributed by atoms with van der Waals surface area (Å²) >= 11 is 3.04. The Morgan fingerprint density at radius 1 is 1.62 bits per heavy atom. The van der Waals surface area contributed by atoms with Crippen LogP contribution in [0.5, 0.6) is 11.5 Å². The maximum atomic E-state index is 13.2. The summed E-state index contributed by atoms with van der Waals surface area (Å²) in [6, 6.07) is 1.39. The number of aromatic hydroxyl groups is 1. The number of ether oxygens (including phenoxy) is 1. The summed E-state index contributed by atoms with van der Waals surface area (Å²) in [4.78, 5) is 0. The number of rotatable bonds is 2. The molecule has 5 heteroatoms. The number of aliphatic hydroxyl groups excluding tert-OH is 1. The summed E-state index contributed by atoms with van der Waals surface area (Å²) in [6.07, 6.45) is 0. The molecule has 0 heterocycles. The Morgan fingerprint density at radius 3 is 2.69 bits per heavy atom. The smallest absolute Gasteiger partial charge is 0.194 e. The Kier molecular flexibility index (Phi) is 3.11. The van der Waals surface area contributed by atoms with Gasteiger partial charge in [-0.1, -0.05) is 15.9 Å². The summed E-state index contributed by atoms with van der Waals surface area (Å²) in [5.74, 6) is -1.43. The van der Waals surface area contributed by atoms with Crippen LogP contribution in [0.4, 0.5) is 4.39 Å². The molecule has 13 heavy (non-hydrogen) atoms. The Bertz CT molecular complexity index is 328. The zero-order chi connectivity index (χ0) is 10.0. The van der Waals surface area contributed by atoms with Gasteiger partial charge in [-0.15, -0.1) is 0 Å². The van der Waals surface area contributed by atoms with Gasteiger partial charge in [-0.25, -0.2) is 4.39 Å². The second kappa shape index (κ2) is 3.93.